The van der Waals surface area contributed by atoms with Crippen LogP contribution in [0.5, 0.6) is 0 Å². The highest BCUT2D eigenvalue weighted by molar-refractivity contribution is 5.94. The van der Waals surface area contributed by atoms with E-state index in [1.807, 2.05) is 5.32 Å². The van der Waals surface area contributed by atoms with Gasteiger partial charge in [-0.1, -0.05) is 0 Å². The maximum absolute atomic E-state index is 12.7. The Balaban J connectivity index is 5.63. The first-order valence-electron chi connectivity index (χ1n) is 9.93. The third-order valence-electron chi connectivity index (χ3n) is 4.46. The lowest BCUT2D eigenvalue weighted by Crippen LogP contribution is -2.59. The lowest BCUT2D eigenvalue weighted by atomic mass is 10.1. The Hall–Kier alpha value is -3.30. The Morgan fingerprint density at radius 2 is 1.21 bits per heavy atom. The van der Waals surface area contributed by atoms with Crippen LogP contribution in [0.1, 0.15) is 39.5 Å². The van der Waals surface area contributed by atoms with E-state index in [-0.39, 0.29) is 12.8 Å². The molecule has 0 aromatic carbocycles. The number of hydrogen-bond donors (Lipinski definition) is 9. The second-order valence-corrected chi connectivity index (χ2v) is 7.39. The van der Waals surface area contributed by atoms with Gasteiger partial charge in [-0.15, -0.1) is 0 Å². The number of carbonyl (C=O) groups is 6. The van der Waals surface area contributed by atoms with Gasteiger partial charge >= 0.3 is 11.9 Å². The summed E-state index contributed by atoms with van der Waals surface area (Å²) in [5.41, 5.74) is 10.6. The number of primary amides is 1. The van der Waals surface area contributed by atoms with E-state index < -0.39 is 84.8 Å². The Labute approximate surface area is 188 Å². The number of aliphatic carboxylic acids is 2. The predicted octanol–water partition coefficient (Wildman–Crippen LogP) is -4.26. The van der Waals surface area contributed by atoms with Crippen molar-refractivity contribution < 1.29 is 49.2 Å². The number of aliphatic hydroxyl groups is 2. The molecule has 6 unspecified atom stereocenters. The van der Waals surface area contributed by atoms with Crippen molar-refractivity contribution in [3.63, 3.8) is 0 Å². The number of amides is 4. The van der Waals surface area contributed by atoms with Gasteiger partial charge in [-0.2, -0.15) is 0 Å². The molecule has 33 heavy (non-hydrogen) atoms. The van der Waals surface area contributed by atoms with Gasteiger partial charge < -0.3 is 47.8 Å². The minimum absolute atomic E-state index is 0.355. The minimum Gasteiger partial charge on any atom is -0.481 e. The maximum Gasteiger partial charge on any atom is 0.328 e. The van der Waals surface area contributed by atoms with Crippen LogP contribution in [0.25, 0.3) is 0 Å². The second-order valence-electron chi connectivity index (χ2n) is 7.39. The predicted molar refractivity (Wildman–Crippen MR) is 110 cm³/mol. The van der Waals surface area contributed by atoms with Crippen LogP contribution in [0, 0.1) is 0 Å². The lowest BCUT2D eigenvalue weighted by molar-refractivity contribution is -0.145. The van der Waals surface area contributed by atoms with Crippen molar-refractivity contribution >= 4 is 35.6 Å². The highest BCUT2D eigenvalue weighted by atomic mass is 16.4. The minimum atomic E-state index is -1.72. The summed E-state index contributed by atoms with van der Waals surface area (Å²) in [7, 11) is 0. The molecule has 188 valence electrons. The van der Waals surface area contributed by atoms with E-state index in [1.54, 1.807) is 0 Å². The van der Waals surface area contributed by atoms with Gasteiger partial charge in [-0.25, -0.2) is 4.79 Å². The van der Waals surface area contributed by atoms with Crippen molar-refractivity contribution in [2.45, 2.75) is 75.9 Å². The normalized spacial score (nSPS) is 16.3. The SMILES string of the molecule is CC(O)C(N)C(=O)NC(CCC(=O)O)C(=O)NC(CCC(N)=O)C(=O)NC(C(=O)O)C(C)O. The number of rotatable bonds is 15. The van der Waals surface area contributed by atoms with Gasteiger partial charge in [0.15, 0.2) is 6.04 Å². The van der Waals surface area contributed by atoms with Gasteiger partial charge in [0.25, 0.3) is 0 Å². The van der Waals surface area contributed by atoms with E-state index in [2.05, 4.69) is 10.6 Å². The highest BCUT2D eigenvalue weighted by Gasteiger charge is 2.32. The van der Waals surface area contributed by atoms with Crippen LogP contribution < -0.4 is 27.4 Å². The van der Waals surface area contributed by atoms with E-state index in [4.69, 9.17) is 21.7 Å². The molecule has 0 spiro atoms. The summed E-state index contributed by atoms with van der Waals surface area (Å²) in [6, 6.07) is -6.16. The fourth-order valence-electron chi connectivity index (χ4n) is 2.49. The summed E-state index contributed by atoms with van der Waals surface area (Å²) >= 11 is 0. The van der Waals surface area contributed by atoms with Crippen LogP contribution >= 0.6 is 0 Å². The molecule has 15 heteroatoms. The molecule has 0 aliphatic carbocycles. The lowest BCUT2D eigenvalue weighted by Gasteiger charge is -2.25. The van der Waals surface area contributed by atoms with Crippen LogP contribution in [0.4, 0.5) is 0 Å². The first-order chi connectivity index (χ1) is 15.2. The van der Waals surface area contributed by atoms with Crippen LogP contribution in [0.2, 0.25) is 0 Å². The monoisotopic (exact) mass is 477 g/mol. The molecule has 0 saturated carbocycles. The smallest absolute Gasteiger partial charge is 0.328 e. The molecule has 15 nitrogen and oxygen atoms in total. The number of carboxylic acid groups (broad SMARTS) is 2. The molecule has 0 aliphatic heterocycles. The van der Waals surface area contributed by atoms with Gasteiger partial charge in [-0.05, 0) is 26.7 Å². The number of carbonyl (C=O) groups excluding carboxylic acids is 4. The number of nitrogens with two attached hydrogens (primary N) is 2. The molecule has 0 saturated heterocycles. The molecule has 0 heterocycles. The van der Waals surface area contributed by atoms with E-state index >= 15 is 0 Å². The number of hydrogen-bond acceptors (Lipinski definition) is 9. The molecule has 0 rings (SSSR count). The molecule has 11 N–H and O–H groups in total. The van der Waals surface area contributed by atoms with Crippen molar-refractivity contribution in [2.75, 3.05) is 0 Å². The average Bonchev–Trinajstić information content (AvgIpc) is 2.69. The third kappa shape index (κ3) is 11.2. The zero-order valence-electron chi connectivity index (χ0n) is 18.2. The molecular weight excluding hydrogens is 446 g/mol. The van der Waals surface area contributed by atoms with Crippen LogP contribution in [0.15, 0.2) is 0 Å². The van der Waals surface area contributed by atoms with E-state index in [1.165, 1.54) is 6.92 Å². The molecule has 6 atom stereocenters. The van der Waals surface area contributed by atoms with Gasteiger partial charge in [0.1, 0.15) is 18.1 Å². The molecule has 0 fully saturated rings. The fourth-order valence-corrected chi connectivity index (χ4v) is 2.49. The van der Waals surface area contributed by atoms with Crippen molar-refractivity contribution in [2.24, 2.45) is 11.5 Å². The summed E-state index contributed by atoms with van der Waals surface area (Å²) in [4.78, 5) is 70.6. The third-order valence-corrected chi connectivity index (χ3v) is 4.46. The molecule has 0 aromatic heterocycles. The summed E-state index contributed by atoms with van der Waals surface area (Å²) in [6.45, 7) is 2.33. The van der Waals surface area contributed by atoms with Crippen LogP contribution in [0.3, 0.4) is 0 Å². The second kappa shape index (κ2) is 14.0. The summed E-state index contributed by atoms with van der Waals surface area (Å²) in [5, 5.41) is 43.4. The van der Waals surface area contributed by atoms with Crippen LogP contribution in [-0.4, -0.2) is 92.4 Å². The molecule has 0 bridgehead atoms. The molecule has 4 amide bonds. The van der Waals surface area contributed by atoms with Gasteiger partial charge in [0.05, 0.1) is 12.2 Å². The first kappa shape index (κ1) is 29.7. The quantitative estimate of drug-likeness (QED) is 0.109. The van der Waals surface area contributed by atoms with Crippen molar-refractivity contribution in [1.82, 2.24) is 16.0 Å². The molecular formula is C18H31N5O10. The summed E-state index contributed by atoms with van der Waals surface area (Å²) in [6.07, 6.45) is -4.48. The number of nitrogens with one attached hydrogen (secondary N) is 3. The zero-order chi connectivity index (χ0) is 25.9. The Bertz CT molecular complexity index is 742. The zero-order valence-corrected chi connectivity index (χ0v) is 18.2. The Morgan fingerprint density at radius 1 is 0.758 bits per heavy atom. The van der Waals surface area contributed by atoms with Gasteiger partial charge in [0.2, 0.25) is 23.6 Å². The number of carboxylic acids is 2. The van der Waals surface area contributed by atoms with Gasteiger partial charge in [0, 0.05) is 12.8 Å². The van der Waals surface area contributed by atoms with Crippen molar-refractivity contribution in [3.05, 3.63) is 0 Å². The first-order valence-corrected chi connectivity index (χ1v) is 9.93. The van der Waals surface area contributed by atoms with E-state index in [0.29, 0.717) is 0 Å². The summed E-state index contributed by atoms with van der Waals surface area (Å²) in [5.74, 6) is -6.74. The topological polar surface area (TPSA) is 271 Å². The molecule has 0 radical (unpaired) electrons. The molecule has 0 aliphatic rings. The van der Waals surface area contributed by atoms with Crippen molar-refractivity contribution in [3.8, 4) is 0 Å². The standard InChI is InChI=1S/C18H31N5O10/c1-7(24)13(20)17(31)22-10(4-6-12(27)28)15(29)21-9(3-5-11(19)26)16(30)23-14(8(2)25)18(32)33/h7-10,13-14,24-25H,3-6,20H2,1-2H3,(H2,19,26)(H,21,29)(H,22,31)(H,23,30)(H,27,28)(H,32,33). The largest absolute Gasteiger partial charge is 0.481 e. The highest BCUT2D eigenvalue weighted by Crippen LogP contribution is 2.05. The van der Waals surface area contributed by atoms with E-state index in [0.717, 1.165) is 6.92 Å². The Morgan fingerprint density at radius 3 is 1.61 bits per heavy atom. The number of aliphatic hydroxyl groups excluding tert-OH is 2. The summed E-state index contributed by atoms with van der Waals surface area (Å²) < 4.78 is 0. The van der Waals surface area contributed by atoms with E-state index in [9.17, 15) is 39.0 Å². The Kier molecular flexibility index (Phi) is 12.6. The maximum atomic E-state index is 12.7. The fraction of sp³-hybridized carbons (Fsp3) is 0.667. The van der Waals surface area contributed by atoms with Gasteiger partial charge in [-0.3, -0.25) is 24.0 Å². The average molecular weight is 477 g/mol. The molecule has 0 aromatic rings. The van der Waals surface area contributed by atoms with Crippen LogP contribution in [-0.2, 0) is 28.8 Å². The van der Waals surface area contributed by atoms with Crippen molar-refractivity contribution in [1.29, 1.82) is 0 Å².